The number of hydrogen-bond acceptors (Lipinski definition) is 7. The molecule has 9 nitrogen and oxygen atoms in total. The lowest BCUT2D eigenvalue weighted by Crippen LogP contribution is -2.36. The second kappa shape index (κ2) is 10.8. The number of hydrogen-bond donors (Lipinski definition) is 4. The summed E-state index contributed by atoms with van der Waals surface area (Å²) in [5.41, 5.74) is 2.60. The number of rotatable bonds is 8. The predicted octanol–water partition coefficient (Wildman–Crippen LogP) is 3.98. The first-order valence-electron chi connectivity index (χ1n) is 12.0. The van der Waals surface area contributed by atoms with Crippen molar-refractivity contribution in [1.82, 2.24) is 15.2 Å². The molecular weight excluding hydrogens is 459 g/mol. The van der Waals surface area contributed by atoms with Crippen LogP contribution in [-0.4, -0.2) is 53.8 Å². The van der Waals surface area contributed by atoms with E-state index in [9.17, 15) is 4.79 Å². The maximum Gasteiger partial charge on any atom is 0.259 e. The van der Waals surface area contributed by atoms with Gasteiger partial charge in [0.1, 0.15) is 17.3 Å². The average molecular weight is 491 g/mol. The number of anilines is 2. The van der Waals surface area contributed by atoms with Gasteiger partial charge in [-0.25, -0.2) is 9.37 Å². The molecule has 0 saturated heterocycles. The highest BCUT2D eigenvalue weighted by molar-refractivity contribution is 6.05. The Morgan fingerprint density at radius 3 is 2.83 bits per heavy atom. The number of nitrogens with zero attached hydrogens (tertiary/aromatic N) is 4. The summed E-state index contributed by atoms with van der Waals surface area (Å²) in [5, 5.41) is 21.9. The maximum atomic E-state index is 15.1. The van der Waals surface area contributed by atoms with E-state index in [1.54, 1.807) is 24.3 Å². The van der Waals surface area contributed by atoms with Crippen LogP contribution in [0, 0.1) is 22.6 Å². The number of aliphatic imine (C=N–C) groups is 1. The van der Waals surface area contributed by atoms with E-state index in [1.165, 1.54) is 11.0 Å². The number of halogens is 1. The number of benzene rings is 1. The molecule has 10 heteroatoms. The topological polar surface area (TPSA) is 121 Å². The largest absolute Gasteiger partial charge is 0.345 e. The second-order valence-corrected chi connectivity index (χ2v) is 9.16. The fourth-order valence-corrected chi connectivity index (χ4v) is 4.10. The van der Waals surface area contributed by atoms with Gasteiger partial charge in [0.05, 0.1) is 17.6 Å². The molecule has 188 valence electrons. The Labute approximate surface area is 210 Å². The molecule has 1 saturated carbocycles. The van der Waals surface area contributed by atoms with Crippen molar-refractivity contribution in [2.75, 3.05) is 23.3 Å². The number of fused-ring (bicyclic) bond motifs is 1. The van der Waals surface area contributed by atoms with Crippen molar-refractivity contribution in [3.63, 3.8) is 0 Å². The van der Waals surface area contributed by atoms with Gasteiger partial charge in [-0.15, -0.1) is 0 Å². The number of carbonyl (C=O) groups is 1. The summed E-state index contributed by atoms with van der Waals surface area (Å²) >= 11 is 0. The van der Waals surface area contributed by atoms with Crippen molar-refractivity contribution in [2.45, 2.75) is 39.3 Å². The first kappa shape index (κ1) is 25.2. The van der Waals surface area contributed by atoms with E-state index in [0.29, 0.717) is 31.2 Å². The van der Waals surface area contributed by atoms with Crippen molar-refractivity contribution in [2.24, 2.45) is 10.9 Å². The molecule has 0 atom stereocenters. The van der Waals surface area contributed by atoms with Crippen LogP contribution in [-0.2, 0) is 6.54 Å². The van der Waals surface area contributed by atoms with Crippen molar-refractivity contribution in [3.8, 4) is 0 Å². The number of amidine groups is 1. The number of amides is 1. The van der Waals surface area contributed by atoms with Crippen LogP contribution in [0.15, 0.2) is 47.2 Å². The van der Waals surface area contributed by atoms with E-state index in [-0.39, 0.29) is 23.3 Å². The van der Waals surface area contributed by atoms with Crippen LogP contribution in [0.25, 0.3) is 0 Å². The normalized spacial score (nSPS) is 15.7. The van der Waals surface area contributed by atoms with Gasteiger partial charge in [0.15, 0.2) is 5.84 Å². The first-order chi connectivity index (χ1) is 17.3. The zero-order valence-corrected chi connectivity index (χ0v) is 20.5. The van der Waals surface area contributed by atoms with E-state index >= 15 is 4.39 Å². The molecule has 0 spiro atoms. The summed E-state index contributed by atoms with van der Waals surface area (Å²) in [6, 6.07) is 7.72. The van der Waals surface area contributed by atoms with E-state index in [4.69, 9.17) is 10.8 Å². The van der Waals surface area contributed by atoms with E-state index < -0.39 is 11.7 Å². The number of allylic oxidation sites excluding steroid dienone is 1. The molecule has 1 aromatic carbocycles. The maximum absolute atomic E-state index is 15.1. The van der Waals surface area contributed by atoms with Crippen LogP contribution in [0.3, 0.4) is 0 Å². The summed E-state index contributed by atoms with van der Waals surface area (Å²) in [7, 11) is 0. The summed E-state index contributed by atoms with van der Waals surface area (Å²) in [4.78, 5) is 25.1. The molecule has 1 fully saturated rings. The van der Waals surface area contributed by atoms with Crippen LogP contribution in [0.4, 0.5) is 15.9 Å². The zero-order valence-electron chi connectivity index (χ0n) is 20.5. The molecule has 0 bridgehead atoms. The highest BCUT2D eigenvalue weighted by atomic mass is 19.1. The highest BCUT2D eigenvalue weighted by Crippen LogP contribution is 2.38. The fourth-order valence-electron chi connectivity index (χ4n) is 4.10. The lowest BCUT2D eigenvalue weighted by molar-refractivity contribution is 0.102. The number of pyridine rings is 1. The minimum atomic E-state index is -0.635. The Morgan fingerprint density at radius 1 is 1.39 bits per heavy atom. The van der Waals surface area contributed by atoms with Gasteiger partial charge in [0.25, 0.3) is 5.91 Å². The highest BCUT2D eigenvalue weighted by Gasteiger charge is 2.27. The molecule has 2 aromatic rings. The first-order valence-corrected chi connectivity index (χ1v) is 12.0. The van der Waals surface area contributed by atoms with Gasteiger partial charge in [-0.2, -0.15) is 0 Å². The quantitative estimate of drug-likeness (QED) is 0.330. The average Bonchev–Trinajstić information content (AvgIpc) is 3.70. The van der Waals surface area contributed by atoms with Crippen molar-refractivity contribution < 1.29 is 9.18 Å². The van der Waals surface area contributed by atoms with Crippen molar-refractivity contribution >= 4 is 36.3 Å². The predicted molar refractivity (Wildman–Crippen MR) is 141 cm³/mol. The molecule has 1 aliphatic carbocycles. The molecule has 1 aromatic heterocycles. The van der Waals surface area contributed by atoms with Crippen LogP contribution >= 0.6 is 0 Å². The molecule has 0 radical (unpaired) electrons. The van der Waals surface area contributed by atoms with Crippen LogP contribution < -0.4 is 15.5 Å². The number of carbonyl (C=O) groups excluding carboxylic acids is 1. The molecule has 2 aliphatic rings. The van der Waals surface area contributed by atoms with Gasteiger partial charge in [-0.1, -0.05) is 6.07 Å². The molecular formula is C26H31FN8O. The standard InChI is InChI=1S/C26H31FN8O/c1-16(2)35(15-28)25(29)21-5-4-6-24(32-21)33-26(36)19-12-23-18(11-20(19)27)13-31-9-10-34(23)14-22(30-3)17-7-8-17/h4-6,11-12,14-17,28-29,31H,3,7-10,13H2,1-2H3,(H,32,33,36)/b22-14-,28-15?,29-25?. The smallest absolute Gasteiger partial charge is 0.259 e. The molecule has 1 aliphatic heterocycles. The molecule has 2 heterocycles. The van der Waals surface area contributed by atoms with Crippen LogP contribution in [0.5, 0.6) is 0 Å². The Morgan fingerprint density at radius 2 is 2.17 bits per heavy atom. The summed E-state index contributed by atoms with van der Waals surface area (Å²) < 4.78 is 15.1. The lowest BCUT2D eigenvalue weighted by Gasteiger charge is -2.23. The third-order valence-electron chi connectivity index (χ3n) is 6.22. The molecule has 36 heavy (non-hydrogen) atoms. The zero-order chi connectivity index (χ0) is 25.8. The number of nitrogens with one attached hydrogen (secondary N) is 4. The van der Waals surface area contributed by atoms with Gasteiger partial charge in [0, 0.05) is 43.5 Å². The Balaban J connectivity index is 1.61. The number of aromatic nitrogens is 1. The van der Waals surface area contributed by atoms with Gasteiger partial charge in [-0.05, 0) is 63.2 Å². The van der Waals surface area contributed by atoms with Crippen molar-refractivity contribution in [3.05, 3.63) is 64.9 Å². The third kappa shape index (κ3) is 5.49. The second-order valence-electron chi connectivity index (χ2n) is 9.16. The van der Waals surface area contributed by atoms with Gasteiger partial charge in [-0.3, -0.25) is 20.6 Å². The minimum absolute atomic E-state index is 0.0320. The Bertz CT molecular complexity index is 1220. The Hall–Kier alpha value is -3.92. The molecule has 0 unspecified atom stereocenters. The molecule has 4 N–H and O–H groups in total. The summed E-state index contributed by atoms with van der Waals surface area (Å²) in [6.45, 7) is 9.26. The SMILES string of the molecule is C=N/C(=C\N1CCNCc2cc(F)c(C(=O)Nc3cccc(C(=N)N(C=N)C(C)C)n3)cc21)C1CC1. The minimum Gasteiger partial charge on any atom is -0.345 e. The molecule has 4 rings (SSSR count). The molecule has 1 amide bonds. The lowest BCUT2D eigenvalue weighted by atomic mass is 10.1. The van der Waals surface area contributed by atoms with Gasteiger partial charge in [0.2, 0.25) is 0 Å². The Kier molecular flexibility index (Phi) is 7.54. The summed E-state index contributed by atoms with van der Waals surface area (Å²) in [6.07, 6.45) is 5.19. The monoisotopic (exact) mass is 490 g/mol. The van der Waals surface area contributed by atoms with Crippen LogP contribution in [0.2, 0.25) is 0 Å². The van der Waals surface area contributed by atoms with E-state index in [0.717, 1.165) is 36.1 Å². The van der Waals surface area contributed by atoms with E-state index in [1.807, 2.05) is 24.9 Å². The third-order valence-corrected chi connectivity index (χ3v) is 6.22. The van der Waals surface area contributed by atoms with Crippen LogP contribution in [0.1, 0.15) is 48.3 Å². The fraction of sp³-hybridized carbons (Fsp3) is 0.346. The van der Waals surface area contributed by atoms with Crippen molar-refractivity contribution in [1.29, 1.82) is 10.8 Å². The summed E-state index contributed by atoms with van der Waals surface area (Å²) in [5.74, 6) is -0.631. The van der Waals surface area contributed by atoms with E-state index in [2.05, 4.69) is 27.3 Å². The van der Waals surface area contributed by atoms with Gasteiger partial charge < -0.3 is 20.4 Å². The van der Waals surface area contributed by atoms with Gasteiger partial charge >= 0.3 is 0 Å².